The average molecular weight is 577 g/mol. The summed E-state index contributed by atoms with van der Waals surface area (Å²) < 4.78 is 0. The van der Waals surface area contributed by atoms with Gasteiger partial charge in [-0.15, -0.1) is 0 Å². The molecule has 7 rings (SSSR count). The number of aromatic carboxylic acids is 2. The van der Waals surface area contributed by atoms with Crippen molar-refractivity contribution in [2.75, 3.05) is 0 Å². The Kier molecular flexibility index (Phi) is 6.40. The molecule has 0 radical (unpaired) electrons. The van der Waals surface area contributed by atoms with Crippen LogP contribution in [0.1, 0.15) is 71.4 Å². The van der Waals surface area contributed by atoms with Gasteiger partial charge in [0.15, 0.2) is 0 Å². The molecule has 0 saturated heterocycles. The first kappa shape index (κ1) is 27.6. The highest BCUT2D eigenvalue weighted by atomic mass is 16.4. The molecule has 7 aromatic rings. The molecule has 0 spiro atoms. The third-order valence-electron chi connectivity index (χ3n) is 9.11. The van der Waals surface area contributed by atoms with Crippen molar-refractivity contribution >= 4 is 55.0 Å². The second kappa shape index (κ2) is 10.2. The van der Waals surface area contributed by atoms with Gasteiger partial charge >= 0.3 is 11.9 Å². The average Bonchev–Trinajstić information content (AvgIpc) is 3.02. The molecule has 2 N–H and O–H groups in total. The minimum atomic E-state index is -0.984. The van der Waals surface area contributed by atoms with Crippen LogP contribution in [-0.4, -0.2) is 22.2 Å². The maximum absolute atomic E-state index is 13.3. The Labute approximate surface area is 255 Å². The predicted octanol–water partition coefficient (Wildman–Crippen LogP) is 10.7. The van der Waals surface area contributed by atoms with Gasteiger partial charge in [-0.25, -0.2) is 9.59 Å². The Balaban J connectivity index is 1.78. The Hall–Kier alpha value is -5.22. The van der Waals surface area contributed by atoms with E-state index in [1.807, 2.05) is 54.6 Å². The van der Waals surface area contributed by atoms with Crippen LogP contribution < -0.4 is 0 Å². The summed E-state index contributed by atoms with van der Waals surface area (Å²) >= 11 is 0. The molecule has 0 atom stereocenters. The molecule has 44 heavy (non-hydrogen) atoms. The SMILES string of the molecule is CC(C)c1ccc(-c2c(C(=O)O)c3cccc4c5ccc(C(=O)O)c6cccc(c(c2-c2ccc(C(C)C)cc2)c34)c65)cc1. The van der Waals surface area contributed by atoms with Gasteiger partial charge in [-0.2, -0.15) is 0 Å². The van der Waals surface area contributed by atoms with Crippen LogP contribution in [0.2, 0.25) is 0 Å². The van der Waals surface area contributed by atoms with Crippen molar-refractivity contribution < 1.29 is 19.8 Å². The van der Waals surface area contributed by atoms with Gasteiger partial charge in [-0.1, -0.05) is 119 Å². The Morgan fingerprint density at radius 1 is 0.477 bits per heavy atom. The summed E-state index contributed by atoms with van der Waals surface area (Å²) in [5.74, 6) is -1.28. The molecule has 0 aliphatic heterocycles. The summed E-state index contributed by atoms with van der Waals surface area (Å²) in [5, 5.41) is 27.7. The zero-order valence-corrected chi connectivity index (χ0v) is 25.1. The van der Waals surface area contributed by atoms with Crippen LogP contribution in [0.15, 0.2) is 97.1 Å². The number of carboxylic acid groups (broad SMARTS) is 2. The molecule has 0 aromatic heterocycles. The number of hydrogen-bond donors (Lipinski definition) is 2. The lowest BCUT2D eigenvalue weighted by atomic mass is 9.79. The number of rotatable bonds is 6. The first-order valence-corrected chi connectivity index (χ1v) is 15.0. The maximum Gasteiger partial charge on any atom is 0.336 e. The summed E-state index contributed by atoms with van der Waals surface area (Å²) in [6.07, 6.45) is 0. The molecule has 0 saturated carbocycles. The zero-order valence-electron chi connectivity index (χ0n) is 25.1. The fourth-order valence-electron chi connectivity index (χ4n) is 6.93. The van der Waals surface area contributed by atoms with E-state index in [4.69, 9.17) is 0 Å². The quantitative estimate of drug-likeness (QED) is 0.153. The van der Waals surface area contributed by atoms with E-state index in [-0.39, 0.29) is 11.1 Å². The second-order valence-corrected chi connectivity index (χ2v) is 12.3. The molecule has 7 aromatic carbocycles. The van der Waals surface area contributed by atoms with E-state index in [1.165, 1.54) is 11.1 Å². The number of fused-ring (bicyclic) bond motifs is 2. The van der Waals surface area contributed by atoms with Crippen molar-refractivity contribution in [3.8, 4) is 22.3 Å². The monoisotopic (exact) mass is 576 g/mol. The second-order valence-electron chi connectivity index (χ2n) is 12.3. The van der Waals surface area contributed by atoms with Gasteiger partial charge in [0.05, 0.1) is 11.1 Å². The molecule has 0 bridgehead atoms. The van der Waals surface area contributed by atoms with Gasteiger partial charge in [0.25, 0.3) is 0 Å². The Bertz CT molecular complexity index is 2260. The molecule has 0 unspecified atom stereocenters. The van der Waals surface area contributed by atoms with E-state index in [0.717, 1.165) is 49.0 Å². The smallest absolute Gasteiger partial charge is 0.336 e. The Morgan fingerprint density at radius 3 is 1.52 bits per heavy atom. The van der Waals surface area contributed by atoms with E-state index >= 15 is 0 Å². The van der Waals surface area contributed by atoms with Crippen LogP contribution in [0, 0.1) is 0 Å². The summed E-state index contributed by atoms with van der Waals surface area (Å²) in [6, 6.07) is 31.8. The first-order valence-electron chi connectivity index (χ1n) is 15.0. The number of carbonyl (C=O) groups is 2. The highest BCUT2D eigenvalue weighted by molar-refractivity contribution is 6.39. The van der Waals surface area contributed by atoms with Gasteiger partial charge < -0.3 is 10.2 Å². The van der Waals surface area contributed by atoms with E-state index in [0.29, 0.717) is 28.2 Å². The predicted molar refractivity (Wildman–Crippen MR) is 181 cm³/mol. The fraction of sp³-hybridized carbons (Fsp3) is 0.150. The molecular weight excluding hydrogens is 544 g/mol. The maximum atomic E-state index is 13.3. The van der Waals surface area contributed by atoms with Crippen molar-refractivity contribution in [1.82, 2.24) is 0 Å². The van der Waals surface area contributed by atoms with Crippen LogP contribution in [0.4, 0.5) is 0 Å². The van der Waals surface area contributed by atoms with Crippen LogP contribution in [0.3, 0.4) is 0 Å². The highest BCUT2D eigenvalue weighted by Crippen LogP contribution is 2.50. The lowest BCUT2D eigenvalue weighted by Crippen LogP contribution is -2.06. The fourth-order valence-corrected chi connectivity index (χ4v) is 6.93. The molecule has 0 heterocycles. The number of benzene rings is 7. The zero-order chi connectivity index (χ0) is 30.9. The molecule has 0 amide bonds. The standard InChI is InChI=1S/C40H32O4/c1-21(2)23-11-15-25(16-12-23)33-34(26-17-13-24(14-18-26)22(3)4)38(40(43)44)32-10-5-7-27-29-19-20-30(39(41)42)28-8-6-9-31(35(28)29)37(33)36(27)32/h5-22H,1-4H3,(H,41,42)(H,43,44). The lowest BCUT2D eigenvalue weighted by molar-refractivity contribution is 0.0688. The lowest BCUT2D eigenvalue weighted by Gasteiger charge is -2.24. The van der Waals surface area contributed by atoms with Crippen molar-refractivity contribution in [2.24, 2.45) is 0 Å². The van der Waals surface area contributed by atoms with Gasteiger partial charge in [0.1, 0.15) is 0 Å². The summed E-state index contributed by atoms with van der Waals surface area (Å²) in [6.45, 7) is 8.60. The first-order chi connectivity index (χ1) is 21.2. The minimum absolute atomic E-state index is 0.246. The van der Waals surface area contributed by atoms with Crippen LogP contribution in [-0.2, 0) is 0 Å². The van der Waals surface area contributed by atoms with Gasteiger partial charge in [-0.05, 0) is 88.8 Å². The molecular formula is C40H32O4. The van der Waals surface area contributed by atoms with E-state index in [1.54, 1.807) is 6.07 Å². The summed E-state index contributed by atoms with van der Waals surface area (Å²) in [5.41, 5.74) is 6.14. The highest BCUT2D eigenvalue weighted by Gasteiger charge is 2.28. The van der Waals surface area contributed by atoms with E-state index in [9.17, 15) is 19.8 Å². The van der Waals surface area contributed by atoms with Crippen molar-refractivity contribution in [2.45, 2.75) is 39.5 Å². The summed E-state index contributed by atoms with van der Waals surface area (Å²) in [7, 11) is 0. The van der Waals surface area contributed by atoms with Crippen molar-refractivity contribution in [3.63, 3.8) is 0 Å². The molecule has 0 fully saturated rings. The summed E-state index contributed by atoms with van der Waals surface area (Å²) in [4.78, 5) is 25.7. The van der Waals surface area contributed by atoms with Gasteiger partial charge in [0.2, 0.25) is 0 Å². The van der Waals surface area contributed by atoms with Gasteiger partial charge in [-0.3, -0.25) is 0 Å². The molecule has 0 aliphatic rings. The van der Waals surface area contributed by atoms with Crippen molar-refractivity contribution in [1.29, 1.82) is 0 Å². The van der Waals surface area contributed by atoms with Crippen LogP contribution >= 0.6 is 0 Å². The molecule has 0 aliphatic carbocycles. The van der Waals surface area contributed by atoms with E-state index in [2.05, 4.69) is 64.1 Å². The van der Waals surface area contributed by atoms with Crippen LogP contribution in [0.5, 0.6) is 0 Å². The number of hydrogen-bond acceptors (Lipinski definition) is 2. The van der Waals surface area contributed by atoms with E-state index < -0.39 is 11.9 Å². The minimum Gasteiger partial charge on any atom is -0.478 e. The Morgan fingerprint density at radius 2 is 0.977 bits per heavy atom. The largest absolute Gasteiger partial charge is 0.478 e. The van der Waals surface area contributed by atoms with Crippen molar-refractivity contribution in [3.05, 3.63) is 119 Å². The normalized spacial score (nSPS) is 12.0. The van der Waals surface area contributed by atoms with Gasteiger partial charge in [0, 0.05) is 5.56 Å². The topological polar surface area (TPSA) is 74.6 Å². The van der Waals surface area contributed by atoms with Crippen LogP contribution in [0.25, 0.3) is 65.3 Å². The number of carboxylic acids is 2. The molecule has 4 nitrogen and oxygen atoms in total. The molecule has 216 valence electrons. The third-order valence-corrected chi connectivity index (χ3v) is 9.11. The third kappa shape index (κ3) is 4.05. The molecule has 4 heteroatoms.